The fraction of sp³-hybridized carbons (Fsp3) is 0.308. The average Bonchev–Trinajstić information content (AvgIpc) is 2.77. The van der Waals surface area contributed by atoms with Crippen molar-refractivity contribution in [3.63, 3.8) is 0 Å². The van der Waals surface area contributed by atoms with E-state index < -0.39 is 5.97 Å². The number of aliphatic imine (C=N–C) groups is 1. The van der Waals surface area contributed by atoms with E-state index in [2.05, 4.69) is 4.99 Å². The molecule has 0 spiro atoms. The van der Waals surface area contributed by atoms with Gasteiger partial charge in [0.05, 0.1) is 17.2 Å². The quantitative estimate of drug-likeness (QED) is 0.804. The lowest BCUT2D eigenvalue weighted by atomic mass is 9.90. The highest BCUT2D eigenvalue weighted by atomic mass is 16.4. The van der Waals surface area contributed by atoms with E-state index in [0.717, 1.165) is 25.0 Å². The lowest BCUT2D eigenvalue weighted by Crippen LogP contribution is -2.22. The first kappa shape index (κ1) is 10.2. The van der Waals surface area contributed by atoms with Crippen molar-refractivity contribution in [1.82, 2.24) is 0 Å². The zero-order valence-corrected chi connectivity index (χ0v) is 9.14. The largest absolute Gasteiger partial charge is 0.478 e. The molecule has 1 aliphatic carbocycles. The second-order valence-electron chi connectivity index (χ2n) is 4.45. The molecule has 1 atom stereocenters. The molecule has 1 saturated carbocycles. The predicted octanol–water partition coefficient (Wildman–Crippen LogP) is 2.45. The van der Waals surface area contributed by atoms with E-state index in [-0.39, 0.29) is 17.3 Å². The van der Waals surface area contributed by atoms with Crippen molar-refractivity contribution in [2.24, 2.45) is 10.9 Å². The normalized spacial score (nSPS) is 21.8. The molecule has 3 rings (SSSR count). The van der Waals surface area contributed by atoms with Crippen LogP contribution in [0.25, 0.3) is 0 Å². The van der Waals surface area contributed by atoms with Crippen molar-refractivity contribution in [2.45, 2.75) is 19.3 Å². The first-order valence-electron chi connectivity index (χ1n) is 5.66. The summed E-state index contributed by atoms with van der Waals surface area (Å²) in [5.74, 6) is -0.952. The Kier molecular flexibility index (Phi) is 2.11. The molecule has 4 heteroatoms. The Balaban J connectivity index is 2.14. The zero-order chi connectivity index (χ0) is 12.0. The van der Waals surface area contributed by atoms with Crippen molar-refractivity contribution >= 4 is 23.2 Å². The van der Waals surface area contributed by atoms with Crippen LogP contribution in [0.2, 0.25) is 0 Å². The number of benzene rings is 1. The molecule has 1 aromatic rings. The van der Waals surface area contributed by atoms with Gasteiger partial charge in [-0.25, -0.2) is 4.79 Å². The van der Waals surface area contributed by atoms with E-state index in [1.807, 2.05) is 0 Å². The summed E-state index contributed by atoms with van der Waals surface area (Å²) in [5.41, 5.74) is 2.18. The number of Topliss-reactive ketones (excluding diaryl/α,β-unsaturated/α-hetero) is 1. The number of carbonyl (C=O) groups excluding carboxylic acids is 1. The molecule has 4 nitrogen and oxygen atoms in total. The molecule has 17 heavy (non-hydrogen) atoms. The maximum Gasteiger partial charge on any atom is 0.335 e. The Morgan fingerprint density at radius 1 is 1.41 bits per heavy atom. The molecule has 1 aromatic carbocycles. The number of fused-ring (bicyclic) bond motifs is 2. The van der Waals surface area contributed by atoms with Crippen LogP contribution in [-0.2, 0) is 0 Å². The van der Waals surface area contributed by atoms with E-state index in [1.165, 1.54) is 12.1 Å². The molecule has 1 fully saturated rings. The Labute approximate surface area is 98.0 Å². The molecule has 0 bridgehead atoms. The Bertz CT molecular complexity index is 560. The van der Waals surface area contributed by atoms with Crippen LogP contribution >= 0.6 is 0 Å². The van der Waals surface area contributed by atoms with Crippen molar-refractivity contribution in [3.8, 4) is 0 Å². The monoisotopic (exact) mass is 229 g/mol. The van der Waals surface area contributed by atoms with Crippen LogP contribution in [0.5, 0.6) is 0 Å². The third-order valence-corrected chi connectivity index (χ3v) is 3.42. The second-order valence-corrected chi connectivity index (χ2v) is 4.45. The van der Waals surface area contributed by atoms with Gasteiger partial charge >= 0.3 is 5.97 Å². The highest BCUT2D eigenvalue weighted by molar-refractivity contribution is 6.19. The van der Waals surface area contributed by atoms with Crippen LogP contribution in [0, 0.1) is 5.92 Å². The molecule has 2 aliphatic rings. The lowest BCUT2D eigenvalue weighted by Gasteiger charge is -2.18. The van der Waals surface area contributed by atoms with Gasteiger partial charge in [-0.2, -0.15) is 0 Å². The maximum atomic E-state index is 12.2. The summed E-state index contributed by atoms with van der Waals surface area (Å²) in [6.45, 7) is 0. The van der Waals surface area contributed by atoms with Gasteiger partial charge in [-0.15, -0.1) is 0 Å². The number of carboxylic acids is 1. The van der Waals surface area contributed by atoms with Gasteiger partial charge in [0.2, 0.25) is 0 Å². The van der Waals surface area contributed by atoms with Gasteiger partial charge in [0, 0.05) is 11.3 Å². The molecular weight excluding hydrogens is 218 g/mol. The summed E-state index contributed by atoms with van der Waals surface area (Å²) in [6.07, 6.45) is 2.72. The summed E-state index contributed by atoms with van der Waals surface area (Å²) in [7, 11) is 0. The fourth-order valence-corrected chi connectivity index (χ4v) is 2.55. The molecule has 86 valence electrons. The highest BCUT2D eigenvalue weighted by Crippen LogP contribution is 2.36. The van der Waals surface area contributed by atoms with Gasteiger partial charge in [0.1, 0.15) is 0 Å². The maximum absolute atomic E-state index is 12.2. The number of rotatable bonds is 1. The van der Waals surface area contributed by atoms with Crippen LogP contribution < -0.4 is 0 Å². The standard InChI is InChI=1S/C13H11NO3/c15-12-8-2-1-3-10(8)14-11-6-7(13(16)17)4-5-9(11)12/h4-6,8H,1-3H2,(H,16,17). The van der Waals surface area contributed by atoms with Crippen LogP contribution in [0.15, 0.2) is 23.2 Å². The van der Waals surface area contributed by atoms with E-state index in [4.69, 9.17) is 5.11 Å². The van der Waals surface area contributed by atoms with E-state index in [0.29, 0.717) is 11.3 Å². The topological polar surface area (TPSA) is 66.7 Å². The van der Waals surface area contributed by atoms with E-state index >= 15 is 0 Å². The van der Waals surface area contributed by atoms with Gasteiger partial charge in [-0.1, -0.05) is 0 Å². The number of ketones is 1. The number of hydrogen-bond acceptors (Lipinski definition) is 3. The number of nitrogens with zero attached hydrogens (tertiary/aromatic N) is 1. The number of aromatic carboxylic acids is 1. The number of carboxylic acid groups (broad SMARTS) is 1. The minimum absolute atomic E-state index is 0.0572. The molecule has 1 unspecified atom stereocenters. The van der Waals surface area contributed by atoms with Crippen molar-refractivity contribution < 1.29 is 14.7 Å². The van der Waals surface area contributed by atoms with Crippen molar-refractivity contribution in [2.75, 3.05) is 0 Å². The third kappa shape index (κ3) is 1.48. The van der Waals surface area contributed by atoms with Crippen LogP contribution in [-0.4, -0.2) is 22.6 Å². The first-order valence-corrected chi connectivity index (χ1v) is 5.66. The Morgan fingerprint density at radius 3 is 3.00 bits per heavy atom. The SMILES string of the molecule is O=C(O)c1ccc2c(c1)N=C1CCCC1C2=O. The summed E-state index contributed by atoms with van der Waals surface area (Å²) in [4.78, 5) is 27.4. The zero-order valence-electron chi connectivity index (χ0n) is 9.14. The Morgan fingerprint density at radius 2 is 2.24 bits per heavy atom. The molecule has 0 radical (unpaired) electrons. The minimum Gasteiger partial charge on any atom is -0.478 e. The molecule has 0 saturated heterocycles. The summed E-state index contributed by atoms with van der Waals surface area (Å²) in [6, 6.07) is 4.53. The smallest absolute Gasteiger partial charge is 0.335 e. The number of hydrogen-bond donors (Lipinski definition) is 1. The second kappa shape index (κ2) is 3.52. The molecule has 1 N–H and O–H groups in total. The molecular formula is C13H11NO3. The minimum atomic E-state index is -0.992. The van der Waals surface area contributed by atoms with Crippen LogP contribution in [0.3, 0.4) is 0 Å². The summed E-state index contributed by atoms with van der Waals surface area (Å²) >= 11 is 0. The fourth-order valence-electron chi connectivity index (χ4n) is 2.55. The summed E-state index contributed by atoms with van der Waals surface area (Å²) in [5, 5.41) is 8.91. The molecule has 1 aliphatic heterocycles. The van der Waals surface area contributed by atoms with Gasteiger partial charge < -0.3 is 5.11 Å². The van der Waals surface area contributed by atoms with Gasteiger partial charge in [0.15, 0.2) is 5.78 Å². The summed E-state index contributed by atoms with van der Waals surface area (Å²) < 4.78 is 0. The van der Waals surface area contributed by atoms with Crippen LogP contribution in [0.1, 0.15) is 40.0 Å². The van der Waals surface area contributed by atoms with Crippen molar-refractivity contribution in [3.05, 3.63) is 29.3 Å². The first-order chi connectivity index (χ1) is 8.16. The number of carbonyl (C=O) groups is 2. The molecule has 1 heterocycles. The third-order valence-electron chi connectivity index (χ3n) is 3.42. The van der Waals surface area contributed by atoms with Gasteiger partial charge in [0.25, 0.3) is 0 Å². The highest BCUT2D eigenvalue weighted by Gasteiger charge is 2.34. The Hall–Kier alpha value is -1.97. The molecule has 0 amide bonds. The van der Waals surface area contributed by atoms with E-state index in [9.17, 15) is 9.59 Å². The average molecular weight is 229 g/mol. The van der Waals surface area contributed by atoms with Gasteiger partial charge in [-0.3, -0.25) is 9.79 Å². The van der Waals surface area contributed by atoms with Gasteiger partial charge in [-0.05, 0) is 37.5 Å². The van der Waals surface area contributed by atoms with E-state index in [1.54, 1.807) is 6.07 Å². The van der Waals surface area contributed by atoms with Crippen LogP contribution in [0.4, 0.5) is 5.69 Å². The van der Waals surface area contributed by atoms with Crippen molar-refractivity contribution in [1.29, 1.82) is 0 Å². The lowest BCUT2D eigenvalue weighted by molar-refractivity contribution is 0.0696. The predicted molar refractivity (Wildman–Crippen MR) is 62.2 cm³/mol. The molecule has 0 aromatic heterocycles.